The van der Waals surface area contributed by atoms with Crippen LogP contribution in [-0.2, 0) is 0 Å². The third-order valence-electron chi connectivity index (χ3n) is 3.55. The second-order valence-corrected chi connectivity index (χ2v) is 5.68. The molecule has 0 bridgehead atoms. The van der Waals surface area contributed by atoms with E-state index in [0.29, 0.717) is 6.61 Å². The van der Waals surface area contributed by atoms with Crippen molar-refractivity contribution in [3.8, 4) is 11.9 Å². The number of unbranched alkanes of at least 4 members (excludes halogenated alkanes) is 9. The Labute approximate surface area is 129 Å². The summed E-state index contributed by atoms with van der Waals surface area (Å²) in [5.41, 5.74) is 0.723. The second kappa shape index (κ2) is 11.4. The summed E-state index contributed by atoms with van der Waals surface area (Å²) < 4.78 is 5.46. The van der Waals surface area contributed by atoms with Gasteiger partial charge in [-0.25, -0.2) is 4.98 Å². The van der Waals surface area contributed by atoms with E-state index in [1.54, 1.807) is 0 Å². The summed E-state index contributed by atoms with van der Waals surface area (Å²) in [6, 6.07) is 1.80. The zero-order chi connectivity index (χ0) is 15.3. The highest BCUT2D eigenvalue weighted by molar-refractivity contribution is 5.15. The molecule has 0 saturated heterocycles. The van der Waals surface area contributed by atoms with Crippen LogP contribution in [-0.4, -0.2) is 21.7 Å². The number of hydrogen-bond donors (Lipinski definition) is 1. The van der Waals surface area contributed by atoms with Gasteiger partial charge in [0.2, 0.25) is 5.88 Å². The first-order valence-corrected chi connectivity index (χ1v) is 8.40. The van der Waals surface area contributed by atoms with Crippen molar-refractivity contribution in [2.24, 2.45) is 0 Å². The van der Waals surface area contributed by atoms with Crippen molar-refractivity contribution in [3.63, 3.8) is 0 Å². The minimum Gasteiger partial charge on any atom is -0.493 e. The number of aryl methyl sites for hydroxylation is 1. The van der Waals surface area contributed by atoms with Gasteiger partial charge in [-0.15, -0.1) is 0 Å². The maximum atomic E-state index is 9.34. The Hall–Kier alpha value is -1.32. The molecule has 0 fully saturated rings. The first-order valence-electron chi connectivity index (χ1n) is 8.40. The van der Waals surface area contributed by atoms with E-state index in [1.165, 1.54) is 63.9 Å². The summed E-state index contributed by atoms with van der Waals surface area (Å²) in [7, 11) is 0. The molecule has 0 aliphatic carbocycles. The van der Waals surface area contributed by atoms with Gasteiger partial charge < -0.3 is 9.84 Å². The highest BCUT2D eigenvalue weighted by atomic mass is 16.5. The Balaban J connectivity index is 1.93. The van der Waals surface area contributed by atoms with Gasteiger partial charge >= 0.3 is 6.01 Å². The number of ether oxygens (including phenoxy) is 1. The number of aromatic nitrogens is 2. The molecule has 1 N–H and O–H groups in total. The lowest BCUT2D eigenvalue weighted by molar-refractivity contribution is 0.275. The van der Waals surface area contributed by atoms with Gasteiger partial charge in [0.25, 0.3) is 0 Å². The van der Waals surface area contributed by atoms with Crippen LogP contribution in [0, 0.1) is 6.92 Å². The Morgan fingerprint density at radius 2 is 1.48 bits per heavy atom. The quantitative estimate of drug-likeness (QED) is 0.563. The third-order valence-corrected chi connectivity index (χ3v) is 3.55. The van der Waals surface area contributed by atoms with Crippen LogP contribution in [0.3, 0.4) is 0 Å². The topological polar surface area (TPSA) is 55.2 Å². The number of aromatic hydroxyl groups is 1. The molecule has 0 amide bonds. The normalized spacial score (nSPS) is 10.8. The molecule has 1 rings (SSSR count). The summed E-state index contributed by atoms with van der Waals surface area (Å²) >= 11 is 0. The molecule has 120 valence electrons. The standard InChI is InChI=1S/C17H30N2O2/c1-3-4-5-6-7-8-9-10-11-12-13-21-17-18-15(2)14-16(20)19-17/h14H,3-13H2,1-2H3,(H,18,19,20). The first kappa shape index (κ1) is 17.7. The molecular weight excluding hydrogens is 264 g/mol. The monoisotopic (exact) mass is 294 g/mol. The van der Waals surface area contributed by atoms with Crippen LogP contribution in [0.4, 0.5) is 0 Å². The molecule has 0 aliphatic heterocycles. The van der Waals surface area contributed by atoms with Crippen LogP contribution < -0.4 is 4.74 Å². The summed E-state index contributed by atoms with van der Waals surface area (Å²) in [5, 5.41) is 9.34. The smallest absolute Gasteiger partial charge is 0.319 e. The fourth-order valence-electron chi connectivity index (χ4n) is 2.34. The summed E-state index contributed by atoms with van der Waals surface area (Å²) in [4.78, 5) is 7.96. The highest BCUT2D eigenvalue weighted by Gasteiger charge is 2.01. The number of rotatable bonds is 12. The lowest BCUT2D eigenvalue weighted by Gasteiger charge is -2.05. The van der Waals surface area contributed by atoms with E-state index >= 15 is 0 Å². The Bertz CT molecular complexity index is 363. The van der Waals surface area contributed by atoms with E-state index in [2.05, 4.69) is 16.9 Å². The van der Waals surface area contributed by atoms with Gasteiger partial charge in [-0.3, -0.25) is 0 Å². The third kappa shape index (κ3) is 9.27. The average molecular weight is 294 g/mol. The molecule has 1 aromatic heterocycles. The maximum absolute atomic E-state index is 9.34. The molecule has 0 aliphatic rings. The second-order valence-electron chi connectivity index (χ2n) is 5.68. The molecule has 4 heteroatoms. The van der Waals surface area contributed by atoms with Gasteiger partial charge in [0.15, 0.2) is 0 Å². The predicted molar refractivity (Wildman–Crippen MR) is 85.8 cm³/mol. The van der Waals surface area contributed by atoms with E-state index < -0.39 is 0 Å². The van der Waals surface area contributed by atoms with E-state index in [0.717, 1.165) is 12.1 Å². The van der Waals surface area contributed by atoms with Crippen molar-refractivity contribution >= 4 is 0 Å². The van der Waals surface area contributed by atoms with Crippen molar-refractivity contribution in [1.82, 2.24) is 9.97 Å². The van der Waals surface area contributed by atoms with E-state index in [4.69, 9.17) is 4.74 Å². The first-order chi connectivity index (χ1) is 10.2. The molecule has 0 atom stereocenters. The molecule has 0 spiro atoms. The van der Waals surface area contributed by atoms with Crippen LogP contribution in [0.1, 0.15) is 76.8 Å². The number of hydrogen-bond acceptors (Lipinski definition) is 4. The Morgan fingerprint density at radius 1 is 0.905 bits per heavy atom. The van der Waals surface area contributed by atoms with Crippen LogP contribution in [0.5, 0.6) is 11.9 Å². The molecule has 1 aromatic rings. The molecule has 0 radical (unpaired) electrons. The van der Waals surface area contributed by atoms with Crippen molar-refractivity contribution in [2.75, 3.05) is 6.61 Å². The minimum atomic E-state index is -0.0272. The van der Waals surface area contributed by atoms with Crippen LogP contribution in [0.25, 0.3) is 0 Å². The fourth-order valence-corrected chi connectivity index (χ4v) is 2.34. The van der Waals surface area contributed by atoms with E-state index in [-0.39, 0.29) is 11.9 Å². The Morgan fingerprint density at radius 3 is 2.05 bits per heavy atom. The molecule has 4 nitrogen and oxygen atoms in total. The maximum Gasteiger partial charge on any atom is 0.319 e. The molecule has 1 heterocycles. The van der Waals surface area contributed by atoms with Gasteiger partial charge in [0, 0.05) is 11.8 Å². The van der Waals surface area contributed by atoms with Gasteiger partial charge in [-0.1, -0.05) is 64.7 Å². The fraction of sp³-hybridized carbons (Fsp3) is 0.765. The predicted octanol–water partition coefficient (Wildman–Crippen LogP) is 4.79. The van der Waals surface area contributed by atoms with Crippen LogP contribution in [0.2, 0.25) is 0 Å². The SMILES string of the molecule is CCCCCCCCCCCCOc1nc(C)cc(O)n1. The van der Waals surface area contributed by atoms with Gasteiger partial charge in [-0.2, -0.15) is 4.98 Å². The zero-order valence-electron chi connectivity index (χ0n) is 13.6. The molecule has 0 unspecified atom stereocenters. The molecular formula is C17H30N2O2. The summed E-state index contributed by atoms with van der Waals surface area (Å²) in [6.07, 6.45) is 13.0. The van der Waals surface area contributed by atoms with E-state index in [9.17, 15) is 5.11 Å². The average Bonchev–Trinajstić information content (AvgIpc) is 2.44. The molecule has 0 saturated carbocycles. The number of nitrogens with zero attached hydrogens (tertiary/aromatic N) is 2. The molecule has 21 heavy (non-hydrogen) atoms. The minimum absolute atomic E-state index is 0.0272. The van der Waals surface area contributed by atoms with Crippen molar-refractivity contribution in [2.45, 2.75) is 78.1 Å². The van der Waals surface area contributed by atoms with Crippen molar-refractivity contribution in [3.05, 3.63) is 11.8 Å². The molecule has 0 aromatic carbocycles. The van der Waals surface area contributed by atoms with Gasteiger partial charge in [0.05, 0.1) is 6.61 Å². The van der Waals surface area contributed by atoms with Gasteiger partial charge in [-0.05, 0) is 13.3 Å². The largest absolute Gasteiger partial charge is 0.493 e. The lowest BCUT2D eigenvalue weighted by atomic mass is 10.1. The van der Waals surface area contributed by atoms with Crippen LogP contribution in [0.15, 0.2) is 6.07 Å². The Kier molecular flexibility index (Phi) is 9.58. The zero-order valence-corrected chi connectivity index (χ0v) is 13.6. The van der Waals surface area contributed by atoms with Gasteiger partial charge in [0.1, 0.15) is 0 Å². The lowest BCUT2D eigenvalue weighted by Crippen LogP contribution is -2.02. The summed E-state index contributed by atoms with van der Waals surface area (Å²) in [6.45, 7) is 4.69. The van der Waals surface area contributed by atoms with E-state index in [1.807, 2.05) is 6.92 Å². The summed E-state index contributed by atoms with van der Waals surface area (Å²) in [5.74, 6) is -0.0272. The van der Waals surface area contributed by atoms with Crippen LogP contribution >= 0.6 is 0 Å². The van der Waals surface area contributed by atoms with Crippen molar-refractivity contribution < 1.29 is 9.84 Å². The highest BCUT2D eigenvalue weighted by Crippen LogP contribution is 2.13. The van der Waals surface area contributed by atoms with Crippen molar-refractivity contribution in [1.29, 1.82) is 0 Å².